The number of rotatable bonds is 4. The fraction of sp³-hybridized carbons (Fsp3) is 0. The van der Waals surface area contributed by atoms with Crippen LogP contribution >= 0.6 is 11.6 Å². The van der Waals surface area contributed by atoms with Crippen molar-refractivity contribution in [2.24, 2.45) is 4.99 Å². The van der Waals surface area contributed by atoms with Crippen LogP contribution in [-0.2, 0) is 0 Å². The summed E-state index contributed by atoms with van der Waals surface area (Å²) in [4.78, 5) is 8.36. The molecular formula is C18H13ClFN3O. The molecule has 3 aromatic rings. The Labute approximate surface area is 143 Å². The molecule has 0 aliphatic carbocycles. The van der Waals surface area contributed by atoms with Crippen LogP contribution in [0.3, 0.4) is 0 Å². The van der Waals surface area contributed by atoms with Crippen molar-refractivity contribution in [1.29, 1.82) is 0 Å². The largest absolute Gasteiger partial charge is 0.453 e. The summed E-state index contributed by atoms with van der Waals surface area (Å²) in [5, 5.41) is 0.195. The summed E-state index contributed by atoms with van der Waals surface area (Å²) in [6.45, 7) is 0. The summed E-state index contributed by atoms with van der Waals surface area (Å²) in [6.07, 6.45) is 3.13. The molecule has 0 unspecified atom stereocenters. The van der Waals surface area contributed by atoms with Crippen molar-refractivity contribution in [2.75, 3.05) is 5.73 Å². The van der Waals surface area contributed by atoms with Gasteiger partial charge in [0.1, 0.15) is 5.02 Å². The highest BCUT2D eigenvalue weighted by Crippen LogP contribution is 2.36. The summed E-state index contributed by atoms with van der Waals surface area (Å²) < 4.78 is 19.4. The van der Waals surface area contributed by atoms with Gasteiger partial charge in [0.25, 0.3) is 0 Å². The molecule has 0 atom stereocenters. The number of ether oxygens (including phenoxy) is 1. The maximum Gasteiger partial charge on any atom is 0.174 e. The molecule has 1 aromatic heterocycles. The molecule has 0 amide bonds. The predicted octanol–water partition coefficient (Wildman–Crippen LogP) is 5.00. The first-order valence-electron chi connectivity index (χ1n) is 7.10. The van der Waals surface area contributed by atoms with E-state index in [0.29, 0.717) is 5.69 Å². The highest BCUT2D eigenvalue weighted by Gasteiger charge is 2.11. The average molecular weight is 342 g/mol. The molecule has 1 heterocycles. The number of nitrogens with zero attached hydrogens (tertiary/aromatic N) is 2. The first kappa shape index (κ1) is 16.0. The molecule has 24 heavy (non-hydrogen) atoms. The fourth-order valence-corrected chi connectivity index (χ4v) is 2.18. The van der Waals surface area contributed by atoms with E-state index in [1.54, 1.807) is 18.3 Å². The maximum atomic E-state index is 13.8. The topological polar surface area (TPSA) is 60.5 Å². The molecule has 0 spiro atoms. The van der Waals surface area contributed by atoms with Gasteiger partial charge in [0.05, 0.1) is 0 Å². The Bertz CT molecular complexity index is 885. The zero-order valence-corrected chi connectivity index (χ0v) is 13.2. The van der Waals surface area contributed by atoms with Gasteiger partial charge in [-0.1, -0.05) is 41.9 Å². The number of aromatic nitrogens is 1. The van der Waals surface area contributed by atoms with Crippen LogP contribution in [0.1, 0.15) is 5.56 Å². The molecule has 120 valence electrons. The first-order valence-corrected chi connectivity index (χ1v) is 7.48. The first-order chi connectivity index (χ1) is 11.6. The third-order valence-electron chi connectivity index (χ3n) is 3.15. The van der Waals surface area contributed by atoms with Gasteiger partial charge in [-0.05, 0) is 17.7 Å². The highest BCUT2D eigenvalue weighted by molar-refractivity contribution is 6.34. The van der Waals surface area contributed by atoms with Gasteiger partial charge in [-0.3, -0.25) is 0 Å². The molecule has 0 saturated heterocycles. The second-order valence-corrected chi connectivity index (χ2v) is 5.29. The van der Waals surface area contributed by atoms with Gasteiger partial charge in [-0.15, -0.1) is 0 Å². The third-order valence-corrected chi connectivity index (χ3v) is 3.50. The Morgan fingerprint density at radius 2 is 1.88 bits per heavy atom. The molecule has 0 bridgehead atoms. The van der Waals surface area contributed by atoms with Gasteiger partial charge >= 0.3 is 0 Å². The normalized spacial score (nSPS) is 10.9. The van der Waals surface area contributed by atoms with E-state index in [4.69, 9.17) is 22.1 Å². The minimum atomic E-state index is -0.572. The van der Waals surface area contributed by atoms with E-state index in [2.05, 4.69) is 9.98 Å². The van der Waals surface area contributed by atoms with E-state index in [1.807, 2.05) is 30.3 Å². The number of halogens is 2. The molecule has 0 aliphatic rings. The van der Waals surface area contributed by atoms with E-state index in [-0.39, 0.29) is 22.3 Å². The van der Waals surface area contributed by atoms with Crippen molar-refractivity contribution in [3.8, 4) is 11.5 Å². The number of aliphatic imine (C=N–C) groups is 1. The molecule has 0 radical (unpaired) electrons. The predicted molar refractivity (Wildman–Crippen MR) is 93.8 cm³/mol. The minimum Gasteiger partial charge on any atom is -0.453 e. The smallest absolute Gasteiger partial charge is 0.174 e. The Hall–Kier alpha value is -2.92. The lowest BCUT2D eigenvalue weighted by Gasteiger charge is -2.09. The lowest BCUT2D eigenvalue weighted by atomic mass is 10.2. The standard InChI is InChI=1S/C18H13ClFN3O/c19-17-16(24-15-7-6-13(21)10-14(15)20)8-9-22-18(17)23-11-12-4-2-1-3-5-12/h1-11H,21H2. The molecule has 2 aromatic carbocycles. The number of nitrogens with two attached hydrogens (primary N) is 1. The monoisotopic (exact) mass is 341 g/mol. The maximum absolute atomic E-state index is 13.8. The summed E-state index contributed by atoms with van der Waals surface area (Å²) in [6, 6.07) is 15.2. The van der Waals surface area contributed by atoms with Gasteiger partial charge in [0, 0.05) is 30.2 Å². The lowest BCUT2D eigenvalue weighted by Crippen LogP contribution is -1.92. The summed E-state index contributed by atoms with van der Waals surface area (Å²) in [7, 11) is 0. The van der Waals surface area contributed by atoms with Crippen LogP contribution in [0, 0.1) is 5.82 Å². The number of nitrogen functional groups attached to an aromatic ring is 1. The van der Waals surface area contributed by atoms with E-state index in [9.17, 15) is 4.39 Å². The molecule has 0 aliphatic heterocycles. The van der Waals surface area contributed by atoms with Crippen molar-refractivity contribution < 1.29 is 9.13 Å². The molecule has 2 N–H and O–H groups in total. The van der Waals surface area contributed by atoms with Crippen molar-refractivity contribution in [1.82, 2.24) is 4.98 Å². The van der Waals surface area contributed by atoms with Crippen LogP contribution in [0.15, 0.2) is 65.8 Å². The molecule has 6 heteroatoms. The number of pyridine rings is 1. The third kappa shape index (κ3) is 3.70. The summed E-state index contributed by atoms with van der Waals surface area (Å²) >= 11 is 6.26. The molecule has 4 nitrogen and oxygen atoms in total. The Morgan fingerprint density at radius 3 is 2.62 bits per heavy atom. The molecule has 0 fully saturated rings. The quantitative estimate of drug-likeness (QED) is 0.536. The van der Waals surface area contributed by atoms with Gasteiger partial charge in [-0.2, -0.15) is 0 Å². The SMILES string of the molecule is Nc1ccc(Oc2ccnc(N=Cc3ccccc3)c2Cl)c(F)c1. The van der Waals surface area contributed by atoms with E-state index < -0.39 is 5.82 Å². The van der Waals surface area contributed by atoms with Crippen LogP contribution in [0.2, 0.25) is 5.02 Å². The van der Waals surface area contributed by atoms with Gasteiger partial charge in [-0.25, -0.2) is 14.4 Å². The van der Waals surface area contributed by atoms with E-state index in [0.717, 1.165) is 5.56 Å². The van der Waals surface area contributed by atoms with Gasteiger partial charge < -0.3 is 10.5 Å². The molecular weight excluding hydrogens is 329 g/mol. The molecule has 0 saturated carbocycles. The molecule has 3 rings (SSSR count). The second-order valence-electron chi connectivity index (χ2n) is 4.91. The van der Waals surface area contributed by atoms with Crippen LogP contribution in [0.25, 0.3) is 0 Å². The average Bonchev–Trinajstić information content (AvgIpc) is 2.59. The van der Waals surface area contributed by atoms with Gasteiger partial charge in [0.15, 0.2) is 23.1 Å². The summed E-state index contributed by atoms with van der Waals surface area (Å²) in [5.74, 6) is -0.00285. The highest BCUT2D eigenvalue weighted by atomic mass is 35.5. The van der Waals surface area contributed by atoms with Crippen LogP contribution < -0.4 is 10.5 Å². The minimum absolute atomic E-state index is 0.0234. The van der Waals surface area contributed by atoms with Crippen LogP contribution in [0.5, 0.6) is 11.5 Å². The Balaban J connectivity index is 1.87. The van der Waals surface area contributed by atoms with Crippen LogP contribution in [0.4, 0.5) is 15.9 Å². The number of hydrogen-bond donors (Lipinski definition) is 1. The Morgan fingerprint density at radius 1 is 1.08 bits per heavy atom. The summed E-state index contributed by atoms with van der Waals surface area (Å²) in [5.41, 5.74) is 6.74. The lowest BCUT2D eigenvalue weighted by molar-refractivity contribution is 0.442. The zero-order valence-electron chi connectivity index (χ0n) is 12.5. The van der Waals surface area contributed by atoms with Crippen molar-refractivity contribution in [3.63, 3.8) is 0 Å². The fourth-order valence-electron chi connectivity index (χ4n) is 1.98. The van der Waals surface area contributed by atoms with Crippen molar-refractivity contribution >= 4 is 29.3 Å². The van der Waals surface area contributed by atoms with Crippen molar-refractivity contribution in [2.45, 2.75) is 0 Å². The second kappa shape index (κ2) is 7.10. The van der Waals surface area contributed by atoms with E-state index >= 15 is 0 Å². The van der Waals surface area contributed by atoms with E-state index in [1.165, 1.54) is 18.3 Å². The van der Waals surface area contributed by atoms with Crippen molar-refractivity contribution in [3.05, 3.63) is 77.2 Å². The zero-order chi connectivity index (χ0) is 16.9. The number of benzene rings is 2. The Kier molecular flexibility index (Phi) is 4.72. The van der Waals surface area contributed by atoms with Crippen LogP contribution in [-0.4, -0.2) is 11.2 Å². The number of anilines is 1. The number of hydrogen-bond acceptors (Lipinski definition) is 4. The van der Waals surface area contributed by atoms with Gasteiger partial charge in [0.2, 0.25) is 0 Å².